The molecule has 1 unspecified atom stereocenters. The van der Waals surface area contributed by atoms with Crippen molar-refractivity contribution in [1.29, 1.82) is 0 Å². The number of unbranched alkanes of at least 4 members (excludes halogenated alkanes) is 2. The number of furan rings is 1. The van der Waals surface area contributed by atoms with E-state index in [1.807, 2.05) is 37.3 Å². The van der Waals surface area contributed by atoms with Crippen LogP contribution in [0, 0.1) is 5.92 Å². The van der Waals surface area contributed by atoms with Gasteiger partial charge in [0.05, 0.1) is 25.2 Å². The number of benzene rings is 2. The predicted molar refractivity (Wildman–Crippen MR) is 164 cm³/mol. The molecule has 0 bridgehead atoms. The van der Waals surface area contributed by atoms with Gasteiger partial charge in [0.15, 0.2) is 5.76 Å². The summed E-state index contributed by atoms with van der Waals surface area (Å²) in [5, 5.41) is 16.0. The highest BCUT2D eigenvalue weighted by molar-refractivity contribution is 5.93. The molecule has 0 radical (unpaired) electrons. The maximum atomic E-state index is 13.4. The van der Waals surface area contributed by atoms with E-state index in [-0.39, 0.29) is 42.9 Å². The van der Waals surface area contributed by atoms with Crippen LogP contribution in [0.25, 0.3) is 11.3 Å². The highest BCUT2D eigenvalue weighted by atomic mass is 16.7. The third kappa shape index (κ3) is 9.43. The van der Waals surface area contributed by atoms with Gasteiger partial charge in [-0.2, -0.15) is 0 Å². The first-order valence-electron chi connectivity index (χ1n) is 14.9. The molecule has 2 atom stereocenters. The molecule has 3 amide bonds. The second-order valence-electron chi connectivity index (χ2n) is 10.1. The predicted octanol–water partition coefficient (Wildman–Crippen LogP) is 5.41. The second kappa shape index (κ2) is 17.5. The molecule has 3 rings (SSSR count). The number of hydrogen-bond donors (Lipinski definition) is 3. The summed E-state index contributed by atoms with van der Waals surface area (Å²) in [6.45, 7) is 6.05. The van der Waals surface area contributed by atoms with Crippen LogP contribution in [0.2, 0.25) is 0 Å². The molecule has 1 heterocycles. The number of carboxylic acids is 1. The fourth-order valence-electron chi connectivity index (χ4n) is 4.85. The van der Waals surface area contributed by atoms with Crippen LogP contribution in [0.3, 0.4) is 0 Å². The van der Waals surface area contributed by atoms with Crippen molar-refractivity contribution in [3.63, 3.8) is 0 Å². The SMILES string of the molecule is CCCCCC(C(=O)NCNC(=O)c1ccc(-c2ccc(C(=O)O)c(OCC)c2)o1)[C@@H](CC)N(C=O)OCc1ccccc1. The van der Waals surface area contributed by atoms with Gasteiger partial charge in [0.25, 0.3) is 5.91 Å². The summed E-state index contributed by atoms with van der Waals surface area (Å²) in [6.07, 6.45) is 4.38. The number of hydroxylamine groups is 2. The van der Waals surface area contributed by atoms with E-state index in [4.69, 9.17) is 14.0 Å². The minimum atomic E-state index is -1.11. The molecule has 2 aromatic carbocycles. The number of hydrogen-bond acceptors (Lipinski definition) is 7. The van der Waals surface area contributed by atoms with Gasteiger partial charge in [-0.15, -0.1) is 0 Å². The Morgan fingerprint density at radius 3 is 2.43 bits per heavy atom. The number of nitrogens with zero attached hydrogens (tertiary/aromatic N) is 1. The number of carboxylic acid groups (broad SMARTS) is 1. The second-order valence-corrected chi connectivity index (χ2v) is 10.1. The molecule has 1 aromatic heterocycles. The highest BCUT2D eigenvalue weighted by Gasteiger charge is 2.32. The van der Waals surface area contributed by atoms with E-state index in [0.29, 0.717) is 30.6 Å². The van der Waals surface area contributed by atoms with Crippen molar-refractivity contribution in [2.24, 2.45) is 5.92 Å². The Bertz CT molecular complexity index is 1370. The number of aromatic carboxylic acids is 1. The van der Waals surface area contributed by atoms with Crippen LogP contribution in [0.1, 0.15) is 79.4 Å². The zero-order valence-electron chi connectivity index (χ0n) is 25.4. The van der Waals surface area contributed by atoms with Crippen molar-refractivity contribution in [3.05, 3.63) is 77.6 Å². The first kappa shape index (κ1) is 33.9. The third-order valence-corrected chi connectivity index (χ3v) is 7.13. The van der Waals surface area contributed by atoms with Crippen molar-refractivity contribution >= 4 is 24.2 Å². The average Bonchev–Trinajstić information content (AvgIpc) is 3.53. The van der Waals surface area contributed by atoms with E-state index in [1.165, 1.54) is 17.2 Å². The van der Waals surface area contributed by atoms with Crippen molar-refractivity contribution in [2.45, 2.75) is 65.5 Å². The molecule has 0 saturated heterocycles. The van der Waals surface area contributed by atoms with E-state index in [0.717, 1.165) is 24.8 Å². The molecule has 0 aliphatic carbocycles. The lowest BCUT2D eigenvalue weighted by molar-refractivity contribution is -0.200. The summed E-state index contributed by atoms with van der Waals surface area (Å²) in [7, 11) is 0. The Kier molecular flexibility index (Phi) is 13.4. The first-order valence-corrected chi connectivity index (χ1v) is 14.9. The van der Waals surface area contributed by atoms with Crippen LogP contribution in [-0.2, 0) is 21.0 Å². The molecule has 3 N–H and O–H groups in total. The lowest BCUT2D eigenvalue weighted by Gasteiger charge is -2.32. The molecular formula is C33H41N3O8. The molecule has 0 spiro atoms. The first-order chi connectivity index (χ1) is 21.3. The van der Waals surface area contributed by atoms with E-state index >= 15 is 0 Å². The van der Waals surface area contributed by atoms with E-state index < -0.39 is 23.8 Å². The zero-order chi connectivity index (χ0) is 31.9. The van der Waals surface area contributed by atoms with Crippen LogP contribution in [0.5, 0.6) is 5.75 Å². The maximum absolute atomic E-state index is 13.4. The summed E-state index contributed by atoms with van der Waals surface area (Å²) in [4.78, 5) is 55.5. The Balaban J connectivity index is 1.63. The number of ether oxygens (including phenoxy) is 1. The minimum Gasteiger partial charge on any atom is -0.493 e. The van der Waals surface area contributed by atoms with Crippen molar-refractivity contribution in [1.82, 2.24) is 15.7 Å². The Hall–Kier alpha value is -4.64. The van der Waals surface area contributed by atoms with Crippen LogP contribution < -0.4 is 15.4 Å². The number of nitrogens with one attached hydrogen (secondary N) is 2. The molecule has 44 heavy (non-hydrogen) atoms. The van der Waals surface area contributed by atoms with Crippen LogP contribution >= 0.6 is 0 Å². The smallest absolute Gasteiger partial charge is 0.339 e. The zero-order valence-corrected chi connectivity index (χ0v) is 25.4. The van der Waals surface area contributed by atoms with Gasteiger partial charge in [-0.3, -0.25) is 19.2 Å². The molecule has 11 nitrogen and oxygen atoms in total. The van der Waals surface area contributed by atoms with Crippen LogP contribution in [-0.4, -0.2) is 53.7 Å². The molecular weight excluding hydrogens is 566 g/mol. The number of amides is 3. The standard InChI is InChI=1S/C33H41N3O8/c1-4-7-9-14-25(27(5-2)36(22-37)43-20-23-12-10-8-11-13-23)31(38)34-21-35-32(39)29-18-17-28(44-29)24-15-16-26(33(40)41)30(19-24)42-6-3/h8,10-13,15-19,22,25,27H,4-7,9,14,20-21H2,1-3H3,(H,34,38)(H,35,39)(H,40,41)/t25?,27-/m1/s1. The van der Waals surface area contributed by atoms with Gasteiger partial charge >= 0.3 is 5.97 Å². The van der Waals surface area contributed by atoms with Gasteiger partial charge in [0.1, 0.15) is 23.7 Å². The number of carbonyl (C=O) groups excluding carboxylic acids is 3. The van der Waals surface area contributed by atoms with Crippen LogP contribution in [0.15, 0.2) is 65.1 Å². The summed E-state index contributed by atoms with van der Waals surface area (Å²) in [5.41, 5.74) is 1.46. The average molecular weight is 608 g/mol. The lowest BCUT2D eigenvalue weighted by Crippen LogP contribution is -2.48. The molecule has 0 aliphatic heterocycles. The Morgan fingerprint density at radius 2 is 1.77 bits per heavy atom. The third-order valence-electron chi connectivity index (χ3n) is 7.13. The van der Waals surface area contributed by atoms with Gasteiger partial charge < -0.3 is 24.9 Å². The highest BCUT2D eigenvalue weighted by Crippen LogP contribution is 2.29. The van der Waals surface area contributed by atoms with E-state index in [1.54, 1.807) is 25.1 Å². The van der Waals surface area contributed by atoms with Crippen LogP contribution in [0.4, 0.5) is 0 Å². The van der Waals surface area contributed by atoms with Gasteiger partial charge in [-0.25, -0.2) is 9.86 Å². The molecule has 0 fully saturated rings. The van der Waals surface area contributed by atoms with E-state index in [2.05, 4.69) is 17.6 Å². The fraction of sp³-hybridized carbons (Fsp3) is 0.394. The van der Waals surface area contributed by atoms with E-state index in [9.17, 15) is 24.3 Å². The molecule has 11 heteroatoms. The lowest BCUT2D eigenvalue weighted by atomic mass is 9.90. The molecule has 236 valence electrons. The Labute approximate surface area is 257 Å². The molecule has 0 saturated carbocycles. The summed E-state index contributed by atoms with van der Waals surface area (Å²) >= 11 is 0. The monoisotopic (exact) mass is 607 g/mol. The van der Waals surface area contributed by atoms with Crippen molar-refractivity contribution in [2.75, 3.05) is 13.3 Å². The van der Waals surface area contributed by atoms with Crippen molar-refractivity contribution < 1.29 is 38.3 Å². The normalized spacial score (nSPS) is 12.2. The number of rotatable bonds is 19. The number of carbonyl (C=O) groups is 4. The minimum absolute atomic E-state index is 0.0156. The molecule has 0 aliphatic rings. The van der Waals surface area contributed by atoms with Crippen molar-refractivity contribution in [3.8, 4) is 17.1 Å². The fourth-order valence-corrected chi connectivity index (χ4v) is 4.85. The van der Waals surface area contributed by atoms with Gasteiger partial charge in [0, 0.05) is 5.56 Å². The molecule has 3 aromatic rings. The summed E-state index contributed by atoms with van der Waals surface area (Å²) in [5.74, 6) is -1.94. The largest absolute Gasteiger partial charge is 0.493 e. The quantitative estimate of drug-likeness (QED) is 0.0709. The maximum Gasteiger partial charge on any atom is 0.339 e. The Morgan fingerprint density at radius 1 is 1.00 bits per heavy atom. The topological polar surface area (TPSA) is 147 Å². The van der Waals surface area contributed by atoms with Gasteiger partial charge in [0.2, 0.25) is 12.3 Å². The summed E-state index contributed by atoms with van der Waals surface area (Å²) < 4.78 is 11.2. The van der Waals surface area contributed by atoms with Gasteiger partial charge in [-0.05, 0) is 49.6 Å². The summed E-state index contributed by atoms with van der Waals surface area (Å²) in [6, 6.07) is 16.6. The van der Waals surface area contributed by atoms with Gasteiger partial charge in [-0.1, -0.05) is 69.5 Å².